The highest BCUT2D eigenvalue weighted by molar-refractivity contribution is 6.01. The van der Waals surface area contributed by atoms with Gasteiger partial charge in [0.1, 0.15) is 35.0 Å². The molecule has 0 spiro atoms. The van der Waals surface area contributed by atoms with E-state index < -0.39 is 73.1 Å². The maximum absolute atomic E-state index is 12.8. The molecule has 0 saturated carbocycles. The number of rotatable bonds is 10. The van der Waals surface area contributed by atoms with E-state index >= 15 is 0 Å². The molecule has 0 aliphatic carbocycles. The zero-order valence-corrected chi connectivity index (χ0v) is 22.6. The number of benzene rings is 2. The highest BCUT2D eigenvalue weighted by atomic mass is 16.7. The predicted octanol–water partition coefficient (Wildman–Crippen LogP) is 0.716. The van der Waals surface area contributed by atoms with Gasteiger partial charge in [0.25, 0.3) is 0 Å². The SMILES string of the molecule is COc1ccc(CCC(=O)c2c(O)cc(O[C@@H]3OC(CO)CC(O)[C@H]3OC3C[C@H](O)C(O)[C@H](C)O3)cc2O)cc1O. The van der Waals surface area contributed by atoms with Crippen LogP contribution in [0.3, 0.4) is 0 Å². The Hall–Kier alpha value is -3.17. The third-order valence-corrected chi connectivity index (χ3v) is 7.15. The summed E-state index contributed by atoms with van der Waals surface area (Å²) < 4.78 is 28.0. The number of carbonyl (C=O) groups is 1. The lowest BCUT2D eigenvalue weighted by atomic mass is 10.00. The van der Waals surface area contributed by atoms with Crippen molar-refractivity contribution in [1.82, 2.24) is 0 Å². The van der Waals surface area contributed by atoms with Crippen LogP contribution in [0.2, 0.25) is 0 Å². The van der Waals surface area contributed by atoms with E-state index in [0.717, 1.165) is 12.1 Å². The highest BCUT2D eigenvalue weighted by Gasteiger charge is 2.44. The maximum atomic E-state index is 12.8. The molecule has 41 heavy (non-hydrogen) atoms. The second kappa shape index (κ2) is 13.2. The van der Waals surface area contributed by atoms with Crippen molar-refractivity contribution in [3.63, 3.8) is 0 Å². The van der Waals surface area contributed by atoms with Crippen molar-refractivity contribution in [1.29, 1.82) is 0 Å². The van der Waals surface area contributed by atoms with Gasteiger partial charge in [0.2, 0.25) is 6.29 Å². The first kappa shape index (κ1) is 30.8. The van der Waals surface area contributed by atoms with Gasteiger partial charge in [-0.25, -0.2) is 0 Å². The summed E-state index contributed by atoms with van der Waals surface area (Å²) in [5.41, 5.74) is 0.323. The molecule has 13 heteroatoms. The summed E-state index contributed by atoms with van der Waals surface area (Å²) in [7, 11) is 1.42. The van der Waals surface area contributed by atoms with Gasteiger partial charge in [-0.1, -0.05) is 6.07 Å². The van der Waals surface area contributed by atoms with Crippen LogP contribution in [0.5, 0.6) is 28.7 Å². The number of phenols is 3. The molecule has 7 N–H and O–H groups in total. The lowest BCUT2D eigenvalue weighted by molar-refractivity contribution is -0.318. The first-order valence-electron chi connectivity index (χ1n) is 13.2. The number of phenolic OH excluding ortho intramolecular Hbond substituents is 3. The standard InChI is InChI=1S/C28H36O13/c1-13-26(36)21(34)11-24(38-13)41-27-22(35)10-16(12-29)40-28(27)39-15-8-19(32)25(20(33)9-15)17(30)5-3-14-4-6-23(37-2)18(31)7-14/h4,6-9,13,16,21-22,24,26-29,31-36H,3,5,10-12H2,1-2H3/t13-,16?,21-,22?,24?,26?,27+,28+/m0/s1. The van der Waals surface area contributed by atoms with Crippen LogP contribution < -0.4 is 9.47 Å². The molecule has 2 heterocycles. The first-order valence-corrected chi connectivity index (χ1v) is 13.2. The van der Waals surface area contributed by atoms with Crippen LogP contribution in [0.25, 0.3) is 0 Å². The first-order chi connectivity index (χ1) is 19.5. The highest BCUT2D eigenvalue weighted by Crippen LogP contribution is 2.36. The minimum Gasteiger partial charge on any atom is -0.507 e. The van der Waals surface area contributed by atoms with E-state index in [1.165, 1.54) is 13.2 Å². The third-order valence-electron chi connectivity index (χ3n) is 7.15. The van der Waals surface area contributed by atoms with E-state index in [4.69, 9.17) is 23.7 Å². The molecule has 0 bridgehead atoms. The molecular formula is C28H36O13. The maximum Gasteiger partial charge on any atom is 0.229 e. The molecule has 0 aromatic heterocycles. The zero-order valence-electron chi connectivity index (χ0n) is 22.6. The van der Waals surface area contributed by atoms with E-state index in [1.807, 2.05) is 0 Å². The Labute approximate surface area is 236 Å². The molecule has 226 valence electrons. The van der Waals surface area contributed by atoms with Gasteiger partial charge in [-0.2, -0.15) is 0 Å². The molecule has 2 fully saturated rings. The number of carbonyl (C=O) groups excluding carboxylic acids is 1. The Kier molecular flexibility index (Phi) is 9.92. The van der Waals surface area contributed by atoms with Gasteiger partial charge in [0.05, 0.1) is 38.1 Å². The molecule has 2 saturated heterocycles. The summed E-state index contributed by atoms with van der Waals surface area (Å²) in [6, 6.07) is 6.90. The van der Waals surface area contributed by atoms with Crippen molar-refractivity contribution in [3.8, 4) is 28.7 Å². The van der Waals surface area contributed by atoms with Gasteiger partial charge in [0.15, 0.2) is 23.6 Å². The largest absolute Gasteiger partial charge is 0.507 e. The lowest BCUT2D eigenvalue weighted by Crippen LogP contribution is -2.56. The fraction of sp³-hybridized carbons (Fsp3) is 0.536. The fourth-order valence-electron chi connectivity index (χ4n) is 4.91. The summed E-state index contributed by atoms with van der Waals surface area (Å²) in [4.78, 5) is 12.8. The van der Waals surface area contributed by atoms with Gasteiger partial charge in [-0.05, 0) is 31.0 Å². The van der Waals surface area contributed by atoms with Crippen molar-refractivity contribution >= 4 is 5.78 Å². The molecule has 2 aromatic rings. The summed E-state index contributed by atoms with van der Waals surface area (Å²) in [5, 5.41) is 71.5. The number of hydrogen-bond acceptors (Lipinski definition) is 13. The Morgan fingerprint density at radius 2 is 1.68 bits per heavy atom. The number of aryl methyl sites for hydroxylation is 1. The van der Waals surface area contributed by atoms with Crippen LogP contribution in [-0.4, -0.2) is 104 Å². The van der Waals surface area contributed by atoms with Gasteiger partial charge >= 0.3 is 0 Å². The van der Waals surface area contributed by atoms with Crippen molar-refractivity contribution in [2.45, 2.75) is 81.8 Å². The Bertz CT molecular complexity index is 1170. The van der Waals surface area contributed by atoms with Crippen molar-refractivity contribution in [3.05, 3.63) is 41.5 Å². The van der Waals surface area contributed by atoms with Gasteiger partial charge < -0.3 is 59.4 Å². The van der Waals surface area contributed by atoms with E-state index in [-0.39, 0.29) is 48.5 Å². The molecule has 0 radical (unpaired) electrons. The lowest BCUT2D eigenvalue weighted by Gasteiger charge is -2.42. The van der Waals surface area contributed by atoms with Crippen molar-refractivity contribution in [2.24, 2.45) is 0 Å². The third kappa shape index (κ3) is 7.19. The number of aliphatic hydroxyl groups is 4. The Morgan fingerprint density at radius 1 is 0.976 bits per heavy atom. The van der Waals surface area contributed by atoms with Crippen LogP contribution in [-0.2, 0) is 20.6 Å². The van der Waals surface area contributed by atoms with E-state index in [1.54, 1.807) is 19.1 Å². The normalized spacial score (nSPS) is 30.1. The number of methoxy groups -OCH3 is 1. The van der Waals surface area contributed by atoms with Crippen molar-refractivity contribution < 1.29 is 64.2 Å². The average molecular weight is 581 g/mol. The van der Waals surface area contributed by atoms with E-state index in [2.05, 4.69) is 0 Å². The monoisotopic (exact) mass is 580 g/mol. The number of ketones is 1. The molecule has 13 nitrogen and oxygen atoms in total. The number of aromatic hydroxyl groups is 3. The average Bonchev–Trinajstić information content (AvgIpc) is 2.91. The molecular weight excluding hydrogens is 544 g/mol. The number of ether oxygens (including phenoxy) is 5. The van der Waals surface area contributed by atoms with Gasteiger partial charge in [-0.3, -0.25) is 4.79 Å². The smallest absolute Gasteiger partial charge is 0.229 e. The molecule has 8 atom stereocenters. The van der Waals surface area contributed by atoms with E-state index in [9.17, 15) is 40.5 Å². The molecule has 2 aliphatic heterocycles. The van der Waals surface area contributed by atoms with Gasteiger partial charge in [-0.15, -0.1) is 0 Å². The van der Waals surface area contributed by atoms with Crippen LogP contribution in [0, 0.1) is 0 Å². The number of hydrogen-bond donors (Lipinski definition) is 7. The molecule has 4 unspecified atom stereocenters. The predicted molar refractivity (Wildman–Crippen MR) is 140 cm³/mol. The molecule has 2 aromatic carbocycles. The summed E-state index contributed by atoms with van der Waals surface area (Å²) in [5.74, 6) is -1.58. The fourth-order valence-corrected chi connectivity index (χ4v) is 4.91. The molecule has 0 amide bonds. The van der Waals surface area contributed by atoms with Crippen LogP contribution in [0.15, 0.2) is 30.3 Å². The second-order valence-corrected chi connectivity index (χ2v) is 10.2. The molecule has 2 aliphatic rings. The summed E-state index contributed by atoms with van der Waals surface area (Å²) >= 11 is 0. The quantitative estimate of drug-likeness (QED) is 0.194. The summed E-state index contributed by atoms with van der Waals surface area (Å²) in [6.07, 6.45) is -8.45. The minimum absolute atomic E-state index is 0.00435. The Morgan fingerprint density at radius 3 is 2.29 bits per heavy atom. The Balaban J connectivity index is 1.47. The zero-order chi connectivity index (χ0) is 29.8. The van der Waals surface area contributed by atoms with Crippen LogP contribution in [0.1, 0.15) is 42.1 Å². The van der Waals surface area contributed by atoms with Crippen molar-refractivity contribution in [2.75, 3.05) is 13.7 Å². The number of Topliss-reactive ketones (excluding diaryl/α,β-unsaturated/α-hetero) is 1. The van der Waals surface area contributed by atoms with Crippen LogP contribution in [0.4, 0.5) is 0 Å². The minimum atomic E-state index is -1.35. The summed E-state index contributed by atoms with van der Waals surface area (Å²) in [6.45, 7) is 1.13. The topological polar surface area (TPSA) is 205 Å². The van der Waals surface area contributed by atoms with Crippen LogP contribution >= 0.6 is 0 Å². The second-order valence-electron chi connectivity index (χ2n) is 10.2. The number of aliphatic hydroxyl groups excluding tert-OH is 4. The van der Waals surface area contributed by atoms with E-state index in [0.29, 0.717) is 5.56 Å². The molecule has 4 rings (SSSR count). The van der Waals surface area contributed by atoms with Gasteiger partial charge in [0, 0.05) is 31.4 Å².